The summed E-state index contributed by atoms with van der Waals surface area (Å²) in [7, 11) is 0. The average molecular weight is 275 g/mol. The van der Waals surface area contributed by atoms with Gasteiger partial charge < -0.3 is 15.0 Å². The molecule has 2 rings (SSSR count). The van der Waals surface area contributed by atoms with E-state index in [1.165, 1.54) is 0 Å². The van der Waals surface area contributed by atoms with Gasteiger partial charge in [-0.25, -0.2) is 4.98 Å². The molecule has 0 atom stereocenters. The molecule has 0 fully saturated rings. The summed E-state index contributed by atoms with van der Waals surface area (Å²) in [5.41, 5.74) is 2.13. The first-order chi connectivity index (χ1) is 9.81. The highest BCUT2D eigenvalue weighted by atomic mass is 16.2. The van der Waals surface area contributed by atoms with Crippen molar-refractivity contribution in [3.05, 3.63) is 30.6 Å². The van der Waals surface area contributed by atoms with Crippen molar-refractivity contribution in [2.45, 2.75) is 32.2 Å². The lowest BCUT2D eigenvalue weighted by Crippen LogP contribution is -2.24. The van der Waals surface area contributed by atoms with Crippen LogP contribution >= 0.6 is 0 Å². The lowest BCUT2D eigenvalue weighted by Gasteiger charge is -2.06. The van der Waals surface area contributed by atoms with Gasteiger partial charge in [0.1, 0.15) is 0 Å². The highest BCUT2D eigenvalue weighted by Gasteiger charge is 2.02. The molecular formula is C15H21N3O2. The molecular weight excluding hydrogens is 254 g/mol. The Labute approximate surface area is 118 Å². The molecule has 0 radical (unpaired) electrons. The van der Waals surface area contributed by atoms with E-state index in [2.05, 4.69) is 20.9 Å². The van der Waals surface area contributed by atoms with Crippen molar-refractivity contribution < 1.29 is 9.90 Å². The van der Waals surface area contributed by atoms with E-state index in [-0.39, 0.29) is 12.5 Å². The van der Waals surface area contributed by atoms with Crippen molar-refractivity contribution in [3.63, 3.8) is 0 Å². The summed E-state index contributed by atoms with van der Waals surface area (Å²) in [6, 6.07) is 8.03. The molecule has 0 saturated carbocycles. The predicted octanol–water partition coefficient (Wildman–Crippen LogP) is 1.71. The van der Waals surface area contributed by atoms with Gasteiger partial charge in [-0.05, 0) is 31.4 Å². The molecule has 0 saturated heterocycles. The molecule has 0 bridgehead atoms. The van der Waals surface area contributed by atoms with Gasteiger partial charge in [0.2, 0.25) is 5.91 Å². The fourth-order valence-electron chi connectivity index (χ4n) is 2.15. The molecule has 1 aromatic heterocycles. The third-order valence-corrected chi connectivity index (χ3v) is 3.24. The van der Waals surface area contributed by atoms with Gasteiger partial charge in [0.05, 0.1) is 17.4 Å². The smallest absolute Gasteiger partial charge is 0.219 e. The van der Waals surface area contributed by atoms with E-state index in [1.54, 1.807) is 0 Å². The summed E-state index contributed by atoms with van der Waals surface area (Å²) in [5, 5.41) is 11.5. The molecule has 5 nitrogen and oxygen atoms in total. The standard InChI is InChI=1S/C15H21N3O2/c19-11-4-3-8-15(20)16-9-5-10-18-12-17-13-6-1-2-7-14(13)18/h1-2,6-7,12,19H,3-5,8-11H2,(H,16,20). The van der Waals surface area contributed by atoms with E-state index < -0.39 is 0 Å². The van der Waals surface area contributed by atoms with E-state index in [9.17, 15) is 4.79 Å². The number of para-hydroxylation sites is 2. The number of carbonyl (C=O) groups is 1. The monoisotopic (exact) mass is 275 g/mol. The zero-order chi connectivity index (χ0) is 14.2. The molecule has 20 heavy (non-hydrogen) atoms. The van der Waals surface area contributed by atoms with Gasteiger partial charge in [0.25, 0.3) is 0 Å². The number of hydrogen-bond donors (Lipinski definition) is 2. The van der Waals surface area contributed by atoms with Gasteiger partial charge in [-0.15, -0.1) is 0 Å². The second-order valence-electron chi connectivity index (χ2n) is 4.81. The molecule has 1 aromatic carbocycles. The molecule has 0 aliphatic heterocycles. The van der Waals surface area contributed by atoms with Gasteiger partial charge in [0, 0.05) is 26.1 Å². The molecule has 2 aromatic rings. The second kappa shape index (κ2) is 7.65. The number of aliphatic hydroxyl groups is 1. The molecule has 108 valence electrons. The van der Waals surface area contributed by atoms with Crippen LogP contribution in [0.5, 0.6) is 0 Å². The van der Waals surface area contributed by atoms with Crippen molar-refractivity contribution >= 4 is 16.9 Å². The van der Waals surface area contributed by atoms with E-state index in [0.29, 0.717) is 19.4 Å². The summed E-state index contributed by atoms with van der Waals surface area (Å²) in [6.07, 6.45) is 4.65. The second-order valence-corrected chi connectivity index (χ2v) is 4.81. The van der Waals surface area contributed by atoms with Gasteiger partial charge in [-0.1, -0.05) is 12.1 Å². The molecule has 2 N–H and O–H groups in total. The van der Waals surface area contributed by atoms with Gasteiger partial charge >= 0.3 is 0 Å². The first-order valence-electron chi connectivity index (χ1n) is 7.08. The van der Waals surface area contributed by atoms with E-state index >= 15 is 0 Å². The first-order valence-corrected chi connectivity index (χ1v) is 7.08. The van der Waals surface area contributed by atoms with Crippen LogP contribution in [0.15, 0.2) is 30.6 Å². The normalized spacial score (nSPS) is 10.8. The van der Waals surface area contributed by atoms with Gasteiger partial charge in [-0.3, -0.25) is 4.79 Å². The Bertz CT molecular complexity index is 551. The Balaban J connectivity index is 1.70. The summed E-state index contributed by atoms with van der Waals surface area (Å²) in [4.78, 5) is 15.8. The number of hydrogen-bond acceptors (Lipinski definition) is 3. The number of benzene rings is 1. The largest absolute Gasteiger partial charge is 0.396 e. The highest BCUT2D eigenvalue weighted by molar-refractivity contribution is 5.76. The van der Waals surface area contributed by atoms with E-state index in [1.807, 2.05) is 24.5 Å². The molecule has 0 aliphatic carbocycles. The number of imidazole rings is 1. The van der Waals surface area contributed by atoms with Crippen molar-refractivity contribution in [2.24, 2.45) is 0 Å². The Morgan fingerprint density at radius 1 is 1.25 bits per heavy atom. The molecule has 1 heterocycles. The third-order valence-electron chi connectivity index (χ3n) is 3.24. The van der Waals surface area contributed by atoms with Crippen molar-refractivity contribution in [2.75, 3.05) is 13.2 Å². The lowest BCUT2D eigenvalue weighted by atomic mass is 10.2. The number of aryl methyl sites for hydroxylation is 1. The van der Waals surface area contributed by atoms with E-state index in [0.717, 1.165) is 30.4 Å². The number of nitrogens with one attached hydrogen (secondary N) is 1. The highest BCUT2D eigenvalue weighted by Crippen LogP contribution is 2.11. The number of aromatic nitrogens is 2. The van der Waals surface area contributed by atoms with E-state index in [4.69, 9.17) is 5.11 Å². The maximum absolute atomic E-state index is 11.5. The SMILES string of the molecule is O=C(CCCCO)NCCCn1cnc2ccccc21. The minimum absolute atomic E-state index is 0.0638. The molecule has 0 spiro atoms. The summed E-state index contributed by atoms with van der Waals surface area (Å²) < 4.78 is 2.10. The van der Waals surface area contributed by atoms with Crippen LogP contribution in [-0.4, -0.2) is 33.7 Å². The molecule has 1 amide bonds. The van der Waals surface area contributed by atoms with Crippen LogP contribution in [0.3, 0.4) is 0 Å². The molecule has 5 heteroatoms. The number of unbranched alkanes of at least 4 members (excludes halogenated alkanes) is 1. The Morgan fingerprint density at radius 2 is 2.10 bits per heavy atom. The molecule has 0 unspecified atom stereocenters. The lowest BCUT2D eigenvalue weighted by molar-refractivity contribution is -0.121. The predicted molar refractivity (Wildman–Crippen MR) is 78.3 cm³/mol. The van der Waals surface area contributed by atoms with Crippen LogP contribution in [0.4, 0.5) is 0 Å². The first kappa shape index (κ1) is 14.5. The number of aliphatic hydroxyl groups excluding tert-OH is 1. The van der Waals surface area contributed by atoms with Crippen LogP contribution in [-0.2, 0) is 11.3 Å². The van der Waals surface area contributed by atoms with Gasteiger partial charge in [-0.2, -0.15) is 0 Å². The van der Waals surface area contributed by atoms with Crippen molar-refractivity contribution in [1.29, 1.82) is 0 Å². The van der Waals surface area contributed by atoms with Crippen LogP contribution in [0.25, 0.3) is 11.0 Å². The van der Waals surface area contributed by atoms with Crippen LogP contribution in [0, 0.1) is 0 Å². The third kappa shape index (κ3) is 4.06. The van der Waals surface area contributed by atoms with Crippen molar-refractivity contribution in [3.8, 4) is 0 Å². The van der Waals surface area contributed by atoms with Gasteiger partial charge in [0.15, 0.2) is 0 Å². The summed E-state index contributed by atoms with van der Waals surface area (Å²) in [5.74, 6) is 0.0638. The fourth-order valence-corrected chi connectivity index (χ4v) is 2.15. The molecule has 0 aliphatic rings. The number of nitrogens with zero attached hydrogens (tertiary/aromatic N) is 2. The number of fused-ring (bicyclic) bond motifs is 1. The Morgan fingerprint density at radius 3 is 2.95 bits per heavy atom. The Hall–Kier alpha value is -1.88. The van der Waals surface area contributed by atoms with Crippen LogP contribution < -0.4 is 5.32 Å². The zero-order valence-corrected chi connectivity index (χ0v) is 11.6. The topological polar surface area (TPSA) is 67.2 Å². The number of carbonyl (C=O) groups excluding carboxylic acids is 1. The fraction of sp³-hybridized carbons (Fsp3) is 0.467. The average Bonchev–Trinajstić information content (AvgIpc) is 2.87. The number of rotatable bonds is 8. The minimum Gasteiger partial charge on any atom is -0.396 e. The maximum Gasteiger partial charge on any atom is 0.219 e. The summed E-state index contributed by atoms with van der Waals surface area (Å²) >= 11 is 0. The van der Waals surface area contributed by atoms with Crippen LogP contribution in [0.2, 0.25) is 0 Å². The minimum atomic E-state index is 0.0638. The quantitative estimate of drug-likeness (QED) is 0.721. The Kier molecular flexibility index (Phi) is 5.55. The summed E-state index contributed by atoms with van der Waals surface area (Å²) in [6.45, 7) is 1.67. The maximum atomic E-state index is 11.5. The van der Waals surface area contributed by atoms with Crippen molar-refractivity contribution in [1.82, 2.24) is 14.9 Å². The van der Waals surface area contributed by atoms with Crippen LogP contribution in [0.1, 0.15) is 25.7 Å². The zero-order valence-electron chi connectivity index (χ0n) is 11.6. The number of amides is 1.